The number of hydrogen-bond acceptors (Lipinski definition) is 3. The van der Waals surface area contributed by atoms with E-state index in [4.69, 9.17) is 4.74 Å². The Bertz CT molecular complexity index is 613. The highest BCUT2D eigenvalue weighted by atomic mass is 79.9. The van der Waals surface area contributed by atoms with Gasteiger partial charge in [0.15, 0.2) is 0 Å². The predicted octanol–water partition coefficient (Wildman–Crippen LogP) is 5.91. The van der Waals surface area contributed by atoms with E-state index in [-0.39, 0.29) is 5.41 Å². The van der Waals surface area contributed by atoms with Crippen LogP contribution in [0.1, 0.15) is 56.8 Å². The molecule has 0 N–H and O–H groups in total. The minimum absolute atomic E-state index is 0.0927. The zero-order chi connectivity index (χ0) is 15.6. The van der Waals surface area contributed by atoms with Crippen LogP contribution in [0.4, 0.5) is 0 Å². The van der Waals surface area contributed by atoms with Crippen LogP contribution in [0.2, 0.25) is 0 Å². The Morgan fingerprint density at radius 2 is 2.00 bits per heavy atom. The van der Waals surface area contributed by atoms with E-state index in [1.165, 1.54) is 5.56 Å². The Hall–Kier alpha value is -0.870. The molecule has 2 rings (SSSR count). The third-order valence-electron chi connectivity index (χ3n) is 3.27. The molecule has 114 valence electrons. The lowest BCUT2D eigenvalue weighted by Crippen LogP contribution is -2.11. The zero-order valence-corrected chi connectivity index (χ0v) is 15.6. The highest BCUT2D eigenvalue weighted by Crippen LogP contribution is 2.31. The van der Waals surface area contributed by atoms with Gasteiger partial charge in [0.2, 0.25) is 0 Å². The Morgan fingerprint density at radius 3 is 2.57 bits per heavy atom. The summed E-state index contributed by atoms with van der Waals surface area (Å²) in [4.78, 5) is 4.67. The molecule has 0 saturated carbocycles. The lowest BCUT2D eigenvalue weighted by molar-refractivity contribution is 0.300. The second-order valence-corrected chi connectivity index (χ2v) is 8.36. The molecule has 0 fully saturated rings. The van der Waals surface area contributed by atoms with Crippen LogP contribution in [0.15, 0.2) is 28.1 Å². The van der Waals surface area contributed by atoms with Crippen molar-refractivity contribution in [1.82, 2.24) is 4.98 Å². The molecule has 0 aliphatic carbocycles. The van der Waals surface area contributed by atoms with Crippen molar-refractivity contribution in [1.29, 1.82) is 0 Å². The van der Waals surface area contributed by atoms with Gasteiger partial charge in [0.1, 0.15) is 17.4 Å². The molecule has 0 unspecified atom stereocenters. The summed E-state index contributed by atoms with van der Waals surface area (Å²) in [5, 5.41) is 3.15. The summed E-state index contributed by atoms with van der Waals surface area (Å²) in [6, 6.07) is 6.17. The van der Waals surface area contributed by atoms with Crippen LogP contribution in [-0.4, -0.2) is 4.98 Å². The molecule has 2 aromatic rings. The molecule has 0 saturated heterocycles. The number of rotatable bonds is 4. The van der Waals surface area contributed by atoms with Gasteiger partial charge in [0.25, 0.3) is 0 Å². The maximum atomic E-state index is 5.99. The average Bonchev–Trinajstić information content (AvgIpc) is 2.85. The molecule has 0 amide bonds. The standard InChI is InChI=1S/C17H22BrNOS/c1-11(2)13-8-12(18)6-7-14(13)20-9-16-19-15(10-21-16)17(3,4)5/h6-8,10-11H,9H2,1-5H3. The minimum atomic E-state index is 0.0927. The Morgan fingerprint density at radius 1 is 1.29 bits per heavy atom. The predicted molar refractivity (Wildman–Crippen MR) is 93.4 cm³/mol. The van der Waals surface area contributed by atoms with Crippen LogP contribution in [0, 0.1) is 0 Å². The zero-order valence-electron chi connectivity index (χ0n) is 13.2. The summed E-state index contributed by atoms with van der Waals surface area (Å²) < 4.78 is 7.08. The average molecular weight is 368 g/mol. The Labute approximate surface area is 139 Å². The van der Waals surface area contributed by atoms with E-state index < -0.39 is 0 Å². The van der Waals surface area contributed by atoms with Gasteiger partial charge in [-0.3, -0.25) is 0 Å². The summed E-state index contributed by atoms with van der Waals surface area (Å²) in [5.41, 5.74) is 2.44. The minimum Gasteiger partial charge on any atom is -0.486 e. The molecule has 0 spiro atoms. The second-order valence-electron chi connectivity index (χ2n) is 6.50. The van der Waals surface area contributed by atoms with Crippen molar-refractivity contribution in [2.75, 3.05) is 0 Å². The maximum Gasteiger partial charge on any atom is 0.140 e. The third-order valence-corrected chi connectivity index (χ3v) is 4.58. The first kappa shape index (κ1) is 16.5. The first-order valence-corrected chi connectivity index (χ1v) is 8.82. The fourth-order valence-corrected chi connectivity index (χ4v) is 3.27. The number of hydrogen-bond donors (Lipinski definition) is 0. The van der Waals surface area contributed by atoms with Gasteiger partial charge in [0.05, 0.1) is 5.69 Å². The first-order valence-electron chi connectivity index (χ1n) is 7.14. The summed E-state index contributed by atoms with van der Waals surface area (Å²) >= 11 is 5.19. The van der Waals surface area contributed by atoms with Crippen molar-refractivity contribution in [2.24, 2.45) is 0 Å². The lowest BCUT2D eigenvalue weighted by Gasteiger charge is -2.15. The largest absolute Gasteiger partial charge is 0.486 e. The molecule has 0 bridgehead atoms. The topological polar surface area (TPSA) is 22.1 Å². The Kier molecular flexibility index (Phi) is 5.10. The number of nitrogens with zero attached hydrogens (tertiary/aromatic N) is 1. The fraction of sp³-hybridized carbons (Fsp3) is 0.471. The van der Waals surface area contributed by atoms with Crippen LogP contribution in [0.25, 0.3) is 0 Å². The van der Waals surface area contributed by atoms with Crippen molar-refractivity contribution < 1.29 is 4.74 Å². The smallest absolute Gasteiger partial charge is 0.140 e. The van der Waals surface area contributed by atoms with E-state index in [2.05, 4.69) is 67.0 Å². The van der Waals surface area contributed by atoms with Gasteiger partial charge in [-0.2, -0.15) is 0 Å². The summed E-state index contributed by atoms with van der Waals surface area (Å²) in [6.45, 7) is 11.4. The van der Waals surface area contributed by atoms with Crippen molar-refractivity contribution in [3.05, 3.63) is 44.3 Å². The quantitative estimate of drug-likeness (QED) is 0.670. The number of halogens is 1. The number of aromatic nitrogens is 1. The number of thiazole rings is 1. The van der Waals surface area contributed by atoms with Crippen molar-refractivity contribution in [2.45, 2.75) is 52.6 Å². The van der Waals surface area contributed by atoms with E-state index in [1.54, 1.807) is 11.3 Å². The lowest BCUT2D eigenvalue weighted by atomic mass is 9.93. The normalized spacial score (nSPS) is 12.0. The van der Waals surface area contributed by atoms with Crippen molar-refractivity contribution >= 4 is 27.3 Å². The Balaban J connectivity index is 2.12. The second kappa shape index (κ2) is 6.49. The molecule has 0 aliphatic heterocycles. The molecule has 0 aliphatic rings. The van der Waals surface area contributed by atoms with Crippen LogP contribution in [0.5, 0.6) is 5.75 Å². The van der Waals surface area contributed by atoms with E-state index in [9.17, 15) is 0 Å². The van der Waals surface area contributed by atoms with Crippen molar-refractivity contribution in [3.63, 3.8) is 0 Å². The van der Waals surface area contributed by atoms with Gasteiger partial charge in [-0.1, -0.05) is 50.5 Å². The molecular weight excluding hydrogens is 346 g/mol. The van der Waals surface area contributed by atoms with Gasteiger partial charge in [0, 0.05) is 15.3 Å². The highest BCUT2D eigenvalue weighted by Gasteiger charge is 2.17. The van der Waals surface area contributed by atoms with Gasteiger partial charge < -0.3 is 4.74 Å². The van der Waals surface area contributed by atoms with Gasteiger partial charge in [-0.15, -0.1) is 11.3 Å². The van der Waals surface area contributed by atoms with Crippen molar-refractivity contribution in [3.8, 4) is 5.75 Å². The summed E-state index contributed by atoms with van der Waals surface area (Å²) in [5.74, 6) is 1.37. The molecule has 0 radical (unpaired) electrons. The summed E-state index contributed by atoms with van der Waals surface area (Å²) in [6.07, 6.45) is 0. The molecule has 0 atom stereocenters. The van der Waals surface area contributed by atoms with E-state index >= 15 is 0 Å². The fourth-order valence-electron chi connectivity index (χ4n) is 1.96. The molecule has 1 aromatic heterocycles. The monoisotopic (exact) mass is 367 g/mol. The molecule has 1 heterocycles. The third kappa shape index (κ3) is 4.30. The van der Waals surface area contributed by atoms with Gasteiger partial charge in [-0.25, -0.2) is 4.98 Å². The molecule has 21 heavy (non-hydrogen) atoms. The SMILES string of the molecule is CC(C)c1cc(Br)ccc1OCc1nc(C(C)(C)C)cs1. The van der Waals surface area contributed by atoms with Gasteiger partial charge >= 0.3 is 0 Å². The van der Waals surface area contributed by atoms with Crippen LogP contribution < -0.4 is 4.74 Å². The highest BCUT2D eigenvalue weighted by molar-refractivity contribution is 9.10. The molecule has 1 aromatic carbocycles. The van der Waals surface area contributed by atoms with Gasteiger partial charge in [-0.05, 0) is 29.7 Å². The molecular formula is C17H22BrNOS. The van der Waals surface area contributed by atoms with Crippen LogP contribution in [-0.2, 0) is 12.0 Å². The van der Waals surface area contributed by atoms with E-state index in [0.717, 1.165) is 20.9 Å². The van der Waals surface area contributed by atoms with E-state index in [1.807, 2.05) is 12.1 Å². The number of benzene rings is 1. The van der Waals surface area contributed by atoms with Crippen LogP contribution >= 0.6 is 27.3 Å². The summed E-state index contributed by atoms with van der Waals surface area (Å²) in [7, 11) is 0. The first-order chi connectivity index (χ1) is 9.77. The maximum absolute atomic E-state index is 5.99. The molecule has 2 nitrogen and oxygen atoms in total. The molecule has 4 heteroatoms. The van der Waals surface area contributed by atoms with Crippen LogP contribution in [0.3, 0.4) is 0 Å². The van der Waals surface area contributed by atoms with E-state index in [0.29, 0.717) is 12.5 Å². The number of ether oxygens (including phenoxy) is 1.